The predicted octanol–water partition coefficient (Wildman–Crippen LogP) is 6.30. The number of benzene rings is 3. The Hall–Kier alpha value is -4.84. The molecule has 1 spiro atoms. The molecule has 0 saturated heterocycles. The van der Waals surface area contributed by atoms with Crippen molar-refractivity contribution in [3.8, 4) is 23.0 Å². The number of thiocarbonyl (C=S) groups is 1. The van der Waals surface area contributed by atoms with Gasteiger partial charge >= 0.3 is 5.97 Å². The number of rotatable bonds is 22. The van der Waals surface area contributed by atoms with Crippen LogP contribution in [0, 0.1) is 0 Å². The molecule has 16 heteroatoms. The number of hydrogen-bond acceptors (Lipinski definition) is 13. The van der Waals surface area contributed by atoms with Crippen molar-refractivity contribution in [2.75, 3.05) is 78.3 Å². The minimum atomic E-state index is -1.33. The van der Waals surface area contributed by atoms with Crippen LogP contribution in [0.4, 0.5) is 5.69 Å². The van der Waals surface area contributed by atoms with Gasteiger partial charge in [0.05, 0.1) is 58.4 Å². The lowest BCUT2D eigenvalue weighted by atomic mass is 9.77. The second-order valence-corrected chi connectivity index (χ2v) is 13.1. The molecule has 0 bridgehead atoms. The van der Waals surface area contributed by atoms with E-state index in [-0.39, 0.29) is 23.2 Å². The lowest BCUT2D eigenvalue weighted by molar-refractivity contribution is -0.122. The van der Waals surface area contributed by atoms with Gasteiger partial charge in [-0.3, -0.25) is 4.79 Å². The van der Waals surface area contributed by atoms with Crippen LogP contribution in [0.25, 0.3) is 0 Å². The van der Waals surface area contributed by atoms with E-state index in [2.05, 4.69) is 21.7 Å². The summed E-state index contributed by atoms with van der Waals surface area (Å²) < 4.78 is 34.2. The number of aromatic hydroxyl groups is 2. The second kappa shape index (κ2) is 28.6. The number of carbonyl (C=O) groups excluding carboxylic acids is 3. The number of hydrogen-bond donors (Lipinski definition) is 6. The van der Waals surface area contributed by atoms with Crippen LogP contribution in [0.2, 0.25) is 0 Å². The van der Waals surface area contributed by atoms with Gasteiger partial charge in [-0.1, -0.05) is 40.2 Å². The van der Waals surface area contributed by atoms with Crippen molar-refractivity contribution < 1.29 is 53.0 Å². The number of unbranched alkanes of at least 4 members (excludes halogenated alkanes) is 2. The van der Waals surface area contributed by atoms with Gasteiger partial charge in [-0.15, -0.1) is 0 Å². The van der Waals surface area contributed by atoms with Gasteiger partial charge < -0.3 is 65.1 Å². The number of amides is 1. The van der Waals surface area contributed by atoms with Gasteiger partial charge in [0.2, 0.25) is 5.91 Å². The van der Waals surface area contributed by atoms with Crippen LogP contribution in [0.15, 0.2) is 54.6 Å². The van der Waals surface area contributed by atoms with Crippen molar-refractivity contribution in [3.63, 3.8) is 0 Å². The first kappa shape index (κ1) is 51.3. The zero-order chi connectivity index (χ0) is 44.3. The summed E-state index contributed by atoms with van der Waals surface area (Å²) in [6, 6.07) is 14.5. The molecule has 2 aliphatic heterocycles. The molecule has 7 N–H and O–H groups in total. The minimum absolute atomic E-state index is 0.0144. The first-order valence-electron chi connectivity index (χ1n) is 20.6. The van der Waals surface area contributed by atoms with Gasteiger partial charge in [-0.2, -0.15) is 0 Å². The maximum Gasteiger partial charge on any atom is 0.340 e. The fourth-order valence-electron chi connectivity index (χ4n) is 6.11. The summed E-state index contributed by atoms with van der Waals surface area (Å²) in [5.41, 5.74) is 5.77. The molecule has 5 rings (SSSR count). The highest BCUT2D eigenvalue weighted by atomic mass is 32.1. The van der Waals surface area contributed by atoms with Crippen LogP contribution in [-0.2, 0) is 38.9 Å². The summed E-state index contributed by atoms with van der Waals surface area (Å²) in [5, 5.41) is 29.6. The van der Waals surface area contributed by atoms with Gasteiger partial charge in [-0.05, 0) is 75.4 Å². The molecule has 60 heavy (non-hydrogen) atoms. The molecule has 15 nitrogen and oxygen atoms in total. The van der Waals surface area contributed by atoms with Crippen molar-refractivity contribution in [1.82, 2.24) is 10.6 Å². The molecule has 0 atom stereocenters. The van der Waals surface area contributed by atoms with E-state index in [9.17, 15) is 24.6 Å². The molecule has 1 amide bonds. The van der Waals surface area contributed by atoms with Crippen molar-refractivity contribution in [2.45, 2.75) is 72.3 Å². The molecule has 332 valence electrons. The molecule has 0 saturated carbocycles. The Labute approximate surface area is 359 Å². The number of nitrogens with two attached hydrogens (primary N) is 1. The Kier molecular flexibility index (Phi) is 24.4. The highest BCUT2D eigenvalue weighted by Gasteiger charge is 2.53. The number of phenols is 2. The zero-order valence-corrected chi connectivity index (χ0v) is 36.7. The van der Waals surface area contributed by atoms with E-state index < -0.39 is 11.6 Å². The van der Waals surface area contributed by atoms with Gasteiger partial charge in [0.1, 0.15) is 28.8 Å². The largest absolute Gasteiger partial charge is 0.508 e. The second-order valence-electron chi connectivity index (χ2n) is 12.7. The molecule has 0 fully saturated rings. The van der Waals surface area contributed by atoms with Crippen LogP contribution < -0.4 is 26.4 Å². The van der Waals surface area contributed by atoms with Crippen LogP contribution >= 0.6 is 12.2 Å². The zero-order valence-electron chi connectivity index (χ0n) is 35.9. The van der Waals surface area contributed by atoms with Gasteiger partial charge in [0, 0.05) is 60.4 Å². The van der Waals surface area contributed by atoms with E-state index in [0.717, 1.165) is 19.3 Å². The third-order valence-corrected chi connectivity index (χ3v) is 8.93. The summed E-state index contributed by atoms with van der Waals surface area (Å²) >= 11 is 5.45. The van der Waals surface area contributed by atoms with Crippen molar-refractivity contribution in [3.05, 3.63) is 76.9 Å². The molecule has 0 aromatic heterocycles. The van der Waals surface area contributed by atoms with E-state index >= 15 is 0 Å². The Bertz CT molecular complexity index is 1740. The number of Topliss-reactive ketones (excluding diaryl/α,β-unsaturated/α-hetero) is 1. The Morgan fingerprint density at radius 2 is 1.22 bits per heavy atom. The molecule has 3 aromatic carbocycles. The molecule has 0 radical (unpaired) electrons. The molecule has 0 aliphatic carbocycles. The van der Waals surface area contributed by atoms with Gasteiger partial charge in [-0.25, -0.2) is 4.79 Å². The summed E-state index contributed by atoms with van der Waals surface area (Å²) in [4.78, 5) is 36.1. The fourth-order valence-corrected chi connectivity index (χ4v) is 6.33. The Morgan fingerprint density at radius 3 is 1.78 bits per heavy atom. The third kappa shape index (κ3) is 15.6. The van der Waals surface area contributed by atoms with Crippen LogP contribution in [0.5, 0.6) is 23.0 Å². The average molecular weight is 857 g/mol. The maximum atomic E-state index is 13.3. The molecule has 0 unspecified atom stereocenters. The van der Waals surface area contributed by atoms with E-state index in [1.807, 2.05) is 27.7 Å². The minimum Gasteiger partial charge on any atom is -0.508 e. The van der Waals surface area contributed by atoms with Crippen molar-refractivity contribution in [2.24, 2.45) is 5.73 Å². The summed E-state index contributed by atoms with van der Waals surface area (Å²) in [5.74, 6) is 0.202. The van der Waals surface area contributed by atoms with Crippen LogP contribution in [0.3, 0.4) is 0 Å². The van der Waals surface area contributed by atoms with Crippen LogP contribution in [-0.4, -0.2) is 106 Å². The standard InChI is InChI=1S/C39H47N3O11S.2C2H6.CH5N/c1-26(43)5-3-2-4-13-40-36(46)12-15-48-17-19-50-21-22-51-20-18-49-16-14-41-38(54)42-27-6-9-31-30(23-27)37(47)53-39(31)32-10-7-28(44)24-34(32)52-35-25-29(45)8-11-33(35)39;3*1-2/h6-11,23-25,44-45H,2-5,12-22H2,1H3,(H,40,46)(H2,41,42,54);2*1-2H3;2H2,1H3. The average Bonchev–Trinajstić information content (AvgIpc) is 3.53. The summed E-state index contributed by atoms with van der Waals surface area (Å²) in [6.45, 7) is 13.8. The number of ether oxygens (including phenoxy) is 6. The summed E-state index contributed by atoms with van der Waals surface area (Å²) in [7, 11) is 1.50. The van der Waals surface area contributed by atoms with Gasteiger partial charge in [0.15, 0.2) is 10.7 Å². The van der Waals surface area contributed by atoms with Crippen LogP contribution in [0.1, 0.15) is 93.8 Å². The van der Waals surface area contributed by atoms with Crippen molar-refractivity contribution in [1.29, 1.82) is 0 Å². The lowest BCUT2D eigenvalue weighted by Crippen LogP contribution is -2.33. The Morgan fingerprint density at radius 1 is 0.683 bits per heavy atom. The molecular weight excluding hydrogens is 793 g/mol. The molecule has 2 heterocycles. The highest BCUT2D eigenvalue weighted by molar-refractivity contribution is 7.80. The number of esters is 1. The lowest BCUT2D eigenvalue weighted by Gasteiger charge is -2.36. The number of anilines is 1. The fraction of sp³-hybridized carbons (Fsp3) is 0.500. The number of ketones is 1. The van der Waals surface area contributed by atoms with E-state index in [0.29, 0.717) is 123 Å². The number of fused-ring (bicyclic) bond motifs is 6. The maximum absolute atomic E-state index is 13.3. The monoisotopic (exact) mass is 856 g/mol. The number of carbonyl (C=O) groups is 3. The first-order chi connectivity index (χ1) is 29.2. The van der Waals surface area contributed by atoms with E-state index in [1.165, 1.54) is 31.3 Å². The number of nitrogens with one attached hydrogen (secondary N) is 3. The number of phenolic OH excluding ortho intramolecular Hbond substituents is 2. The molecule has 3 aromatic rings. The topological polar surface area (TPSA) is 209 Å². The van der Waals surface area contributed by atoms with E-state index in [4.69, 9.17) is 40.6 Å². The first-order valence-corrected chi connectivity index (χ1v) is 21.0. The smallest absolute Gasteiger partial charge is 0.340 e. The third-order valence-electron chi connectivity index (χ3n) is 8.68. The van der Waals surface area contributed by atoms with E-state index in [1.54, 1.807) is 37.3 Å². The Balaban J connectivity index is 0.00000198. The molecular formula is C44H64N4O11S. The van der Waals surface area contributed by atoms with Gasteiger partial charge in [0.25, 0.3) is 0 Å². The van der Waals surface area contributed by atoms with Crippen molar-refractivity contribution >= 4 is 40.7 Å². The SMILES string of the molecule is CC.CC.CC(=O)CCCCCNC(=O)CCOCCOCCOCCOCCNC(=S)Nc1ccc2c(c1)C(=O)OC21c2ccc(O)cc2Oc2cc(O)ccc21.CN. The quantitative estimate of drug-likeness (QED) is 0.0372. The summed E-state index contributed by atoms with van der Waals surface area (Å²) in [6.07, 6.45) is 3.54. The highest BCUT2D eigenvalue weighted by Crippen LogP contribution is 2.57. The molecule has 2 aliphatic rings. The normalized spacial score (nSPS) is 12.3. The predicted molar refractivity (Wildman–Crippen MR) is 235 cm³/mol.